The lowest BCUT2D eigenvalue weighted by molar-refractivity contribution is 0.880. The molecule has 0 unspecified atom stereocenters. The molecule has 0 atom stereocenters. The summed E-state index contributed by atoms with van der Waals surface area (Å²) in [4.78, 5) is 0. The van der Waals surface area contributed by atoms with Gasteiger partial charge in [-0.3, -0.25) is 0 Å². The molecular formula is C8H17N. The number of hydrogen-bond acceptors (Lipinski definition) is 1. The normalized spacial score (nSPS) is 13.3. The van der Waals surface area contributed by atoms with Crippen molar-refractivity contribution in [1.29, 1.82) is 0 Å². The van der Waals surface area contributed by atoms with Crippen LogP contribution in [0.3, 0.4) is 0 Å². The Balaban J connectivity index is 3.78. The van der Waals surface area contributed by atoms with Crippen molar-refractivity contribution in [3.63, 3.8) is 0 Å². The number of rotatable bonds is 3. The Morgan fingerprint density at radius 2 is 1.78 bits per heavy atom. The Hall–Kier alpha value is -0.300. The molecule has 0 amide bonds. The van der Waals surface area contributed by atoms with Crippen LogP contribution in [0.2, 0.25) is 0 Å². The minimum atomic E-state index is 0.714. The van der Waals surface area contributed by atoms with E-state index < -0.39 is 0 Å². The molecule has 0 fully saturated rings. The van der Waals surface area contributed by atoms with Gasteiger partial charge in [-0.05, 0) is 20.3 Å². The lowest BCUT2D eigenvalue weighted by Gasteiger charge is -2.02. The molecule has 0 heterocycles. The molecule has 1 heteroatoms. The van der Waals surface area contributed by atoms with Crippen molar-refractivity contribution in [2.24, 2.45) is 5.73 Å². The van der Waals surface area contributed by atoms with Crippen LogP contribution in [-0.4, -0.2) is 6.54 Å². The van der Waals surface area contributed by atoms with Crippen molar-refractivity contribution in [2.45, 2.75) is 33.6 Å². The van der Waals surface area contributed by atoms with Gasteiger partial charge in [0.2, 0.25) is 0 Å². The Kier molecular flexibility index (Phi) is 4.41. The van der Waals surface area contributed by atoms with Crippen LogP contribution < -0.4 is 5.73 Å². The highest BCUT2D eigenvalue weighted by Crippen LogP contribution is 2.07. The second kappa shape index (κ2) is 4.57. The van der Waals surface area contributed by atoms with E-state index in [1.807, 2.05) is 0 Å². The number of nitrogens with two attached hydrogens (primary N) is 1. The molecule has 0 aromatic carbocycles. The summed E-state index contributed by atoms with van der Waals surface area (Å²) in [7, 11) is 0. The molecule has 0 aliphatic carbocycles. The van der Waals surface area contributed by atoms with Gasteiger partial charge in [0.05, 0.1) is 0 Å². The fraction of sp³-hybridized carbons (Fsp3) is 0.750. The molecule has 0 aromatic rings. The maximum atomic E-state index is 5.45. The van der Waals surface area contributed by atoms with E-state index >= 15 is 0 Å². The van der Waals surface area contributed by atoms with E-state index in [-0.39, 0.29) is 0 Å². The smallest absolute Gasteiger partial charge is 0.0136 e. The average molecular weight is 127 g/mol. The van der Waals surface area contributed by atoms with Crippen LogP contribution in [0.15, 0.2) is 11.1 Å². The zero-order chi connectivity index (χ0) is 7.28. The first-order chi connectivity index (χ1) is 4.22. The number of allylic oxidation sites excluding steroid dienone is 1. The Morgan fingerprint density at radius 3 is 2.11 bits per heavy atom. The third-order valence-electron chi connectivity index (χ3n) is 1.66. The summed E-state index contributed by atoms with van der Waals surface area (Å²) in [5.74, 6) is 0. The van der Waals surface area contributed by atoms with E-state index in [9.17, 15) is 0 Å². The number of hydrogen-bond donors (Lipinski definition) is 1. The highest BCUT2D eigenvalue weighted by atomic mass is 14.5. The molecule has 0 aliphatic heterocycles. The maximum Gasteiger partial charge on any atom is 0.0136 e. The van der Waals surface area contributed by atoms with Crippen molar-refractivity contribution in [2.75, 3.05) is 6.54 Å². The van der Waals surface area contributed by atoms with E-state index in [0.29, 0.717) is 6.54 Å². The van der Waals surface area contributed by atoms with E-state index in [1.165, 1.54) is 24.0 Å². The van der Waals surface area contributed by atoms with Crippen LogP contribution in [0.25, 0.3) is 0 Å². The molecule has 0 aliphatic rings. The van der Waals surface area contributed by atoms with Gasteiger partial charge in [0, 0.05) is 6.54 Å². The van der Waals surface area contributed by atoms with Gasteiger partial charge in [0.25, 0.3) is 0 Å². The Labute approximate surface area is 57.9 Å². The first-order valence-corrected chi connectivity index (χ1v) is 3.57. The molecule has 1 nitrogen and oxygen atoms in total. The molecule has 0 saturated carbocycles. The van der Waals surface area contributed by atoms with Gasteiger partial charge in [0.1, 0.15) is 0 Å². The summed E-state index contributed by atoms with van der Waals surface area (Å²) in [6.45, 7) is 7.16. The van der Waals surface area contributed by atoms with Crippen LogP contribution in [0.4, 0.5) is 0 Å². The Morgan fingerprint density at radius 1 is 1.22 bits per heavy atom. The highest BCUT2D eigenvalue weighted by Gasteiger charge is 1.91. The molecule has 0 spiro atoms. The summed E-state index contributed by atoms with van der Waals surface area (Å²) in [5.41, 5.74) is 8.25. The molecule has 9 heavy (non-hydrogen) atoms. The minimum Gasteiger partial charge on any atom is -0.327 e. The fourth-order valence-corrected chi connectivity index (χ4v) is 0.763. The summed E-state index contributed by atoms with van der Waals surface area (Å²) >= 11 is 0. The van der Waals surface area contributed by atoms with Crippen molar-refractivity contribution < 1.29 is 0 Å². The largest absolute Gasteiger partial charge is 0.327 e. The van der Waals surface area contributed by atoms with E-state index in [1.54, 1.807) is 0 Å². The van der Waals surface area contributed by atoms with Gasteiger partial charge in [-0.2, -0.15) is 0 Å². The van der Waals surface area contributed by atoms with Gasteiger partial charge in [-0.25, -0.2) is 0 Å². The van der Waals surface area contributed by atoms with Gasteiger partial charge >= 0.3 is 0 Å². The minimum absolute atomic E-state index is 0.714. The van der Waals surface area contributed by atoms with E-state index in [4.69, 9.17) is 5.73 Å². The predicted molar refractivity (Wildman–Crippen MR) is 42.3 cm³/mol. The van der Waals surface area contributed by atoms with E-state index in [2.05, 4.69) is 20.8 Å². The molecule has 0 aromatic heterocycles. The average Bonchev–Trinajstić information content (AvgIpc) is 1.87. The van der Waals surface area contributed by atoms with Gasteiger partial charge < -0.3 is 5.73 Å². The standard InChI is InChI=1S/C8H17N/c1-4-5-7(2)8(3)6-9/h4-6,9H2,1-3H3/b8-7+. The summed E-state index contributed by atoms with van der Waals surface area (Å²) in [5, 5.41) is 0. The van der Waals surface area contributed by atoms with Crippen molar-refractivity contribution in [3.05, 3.63) is 11.1 Å². The van der Waals surface area contributed by atoms with Crippen LogP contribution in [0.5, 0.6) is 0 Å². The second-order valence-corrected chi connectivity index (χ2v) is 2.51. The molecule has 54 valence electrons. The van der Waals surface area contributed by atoms with Crippen LogP contribution in [0, 0.1) is 0 Å². The van der Waals surface area contributed by atoms with Gasteiger partial charge in [-0.15, -0.1) is 0 Å². The molecule has 0 saturated heterocycles. The van der Waals surface area contributed by atoms with Gasteiger partial charge in [-0.1, -0.05) is 24.5 Å². The van der Waals surface area contributed by atoms with E-state index in [0.717, 1.165) is 0 Å². The SMILES string of the molecule is CCC/C(C)=C(\C)CN. The van der Waals surface area contributed by atoms with Crippen molar-refractivity contribution in [3.8, 4) is 0 Å². The lowest BCUT2D eigenvalue weighted by atomic mass is 10.1. The molecule has 0 radical (unpaired) electrons. The summed E-state index contributed by atoms with van der Waals surface area (Å²) < 4.78 is 0. The lowest BCUT2D eigenvalue weighted by Crippen LogP contribution is -2.01. The first kappa shape index (κ1) is 8.70. The monoisotopic (exact) mass is 127 g/mol. The third-order valence-corrected chi connectivity index (χ3v) is 1.66. The summed E-state index contributed by atoms with van der Waals surface area (Å²) in [6.07, 6.45) is 2.42. The third kappa shape index (κ3) is 3.31. The summed E-state index contributed by atoms with van der Waals surface area (Å²) in [6, 6.07) is 0. The van der Waals surface area contributed by atoms with Crippen LogP contribution >= 0.6 is 0 Å². The second-order valence-electron chi connectivity index (χ2n) is 2.51. The van der Waals surface area contributed by atoms with Crippen molar-refractivity contribution >= 4 is 0 Å². The Bertz CT molecular complexity index is 103. The maximum absolute atomic E-state index is 5.45. The molecule has 0 rings (SSSR count). The van der Waals surface area contributed by atoms with Crippen LogP contribution in [-0.2, 0) is 0 Å². The zero-order valence-electron chi connectivity index (χ0n) is 6.70. The highest BCUT2D eigenvalue weighted by molar-refractivity contribution is 5.10. The first-order valence-electron chi connectivity index (χ1n) is 3.57. The topological polar surface area (TPSA) is 26.0 Å². The molecule has 2 N–H and O–H groups in total. The van der Waals surface area contributed by atoms with Crippen LogP contribution in [0.1, 0.15) is 33.6 Å². The fourth-order valence-electron chi connectivity index (χ4n) is 0.763. The quantitative estimate of drug-likeness (QED) is 0.577. The molecule has 0 bridgehead atoms. The van der Waals surface area contributed by atoms with Gasteiger partial charge in [0.15, 0.2) is 0 Å². The molecular weight excluding hydrogens is 110 g/mol. The predicted octanol–water partition coefficient (Wildman–Crippen LogP) is 2.08. The van der Waals surface area contributed by atoms with Crippen molar-refractivity contribution in [1.82, 2.24) is 0 Å². The zero-order valence-corrected chi connectivity index (χ0v) is 6.70.